The second-order valence-corrected chi connectivity index (χ2v) is 5.98. The average Bonchev–Trinajstić information content (AvgIpc) is 3.28. The minimum atomic E-state index is -0.295. The van der Waals surface area contributed by atoms with Gasteiger partial charge in [-0.25, -0.2) is 4.98 Å². The SMILES string of the molecule is COCCn1cnnc1C(C)NC(=O)c1ccccc1-c1nccn1C. The number of ether oxygens (including phenoxy) is 1. The molecule has 0 bridgehead atoms. The van der Waals surface area contributed by atoms with E-state index in [1.54, 1.807) is 25.7 Å². The molecule has 0 radical (unpaired) electrons. The molecular formula is C18H22N6O2. The fourth-order valence-corrected chi connectivity index (χ4v) is 2.80. The van der Waals surface area contributed by atoms with Crippen LogP contribution in [-0.2, 0) is 18.3 Å². The Balaban J connectivity index is 1.81. The highest BCUT2D eigenvalue weighted by Crippen LogP contribution is 2.22. The molecule has 136 valence electrons. The largest absolute Gasteiger partial charge is 0.383 e. The quantitative estimate of drug-likeness (QED) is 0.699. The second kappa shape index (κ2) is 7.92. The topological polar surface area (TPSA) is 86.9 Å². The molecule has 8 heteroatoms. The molecule has 1 amide bonds. The third-order valence-electron chi connectivity index (χ3n) is 4.15. The number of nitrogens with zero attached hydrogens (tertiary/aromatic N) is 5. The van der Waals surface area contributed by atoms with Gasteiger partial charge in [-0.3, -0.25) is 4.79 Å². The normalized spacial score (nSPS) is 12.1. The molecule has 1 atom stereocenters. The lowest BCUT2D eigenvalue weighted by molar-refractivity contribution is 0.0937. The van der Waals surface area contributed by atoms with E-state index >= 15 is 0 Å². The number of aryl methyl sites for hydroxylation is 1. The molecule has 0 aliphatic rings. The maximum atomic E-state index is 12.9. The number of nitrogens with one attached hydrogen (secondary N) is 1. The van der Waals surface area contributed by atoms with E-state index in [2.05, 4.69) is 20.5 Å². The zero-order valence-electron chi connectivity index (χ0n) is 15.1. The van der Waals surface area contributed by atoms with Crippen molar-refractivity contribution in [2.24, 2.45) is 7.05 Å². The van der Waals surface area contributed by atoms with Crippen LogP contribution in [0.4, 0.5) is 0 Å². The zero-order chi connectivity index (χ0) is 18.5. The van der Waals surface area contributed by atoms with Gasteiger partial charge in [0.05, 0.1) is 18.2 Å². The van der Waals surface area contributed by atoms with Gasteiger partial charge in [0, 0.05) is 38.7 Å². The standard InChI is InChI=1S/C18H22N6O2/c1-13(16-22-20-12-24(16)10-11-26-3)21-18(25)15-7-5-4-6-14(15)17-19-8-9-23(17)2/h4-9,12-13H,10-11H2,1-3H3,(H,21,25). The van der Waals surface area contributed by atoms with Gasteiger partial charge in [-0.15, -0.1) is 10.2 Å². The van der Waals surface area contributed by atoms with Crippen LogP contribution in [0.1, 0.15) is 29.1 Å². The molecule has 3 aromatic rings. The minimum Gasteiger partial charge on any atom is -0.383 e. The van der Waals surface area contributed by atoms with Gasteiger partial charge >= 0.3 is 0 Å². The van der Waals surface area contributed by atoms with Gasteiger partial charge in [-0.05, 0) is 13.0 Å². The molecule has 8 nitrogen and oxygen atoms in total. The number of hydrogen-bond donors (Lipinski definition) is 1. The number of imidazole rings is 1. The lowest BCUT2D eigenvalue weighted by atomic mass is 10.1. The second-order valence-electron chi connectivity index (χ2n) is 5.98. The fraction of sp³-hybridized carbons (Fsp3) is 0.333. The van der Waals surface area contributed by atoms with E-state index in [-0.39, 0.29) is 11.9 Å². The number of carbonyl (C=O) groups excluding carboxylic acids is 1. The Morgan fingerprint density at radius 3 is 2.88 bits per heavy atom. The zero-order valence-corrected chi connectivity index (χ0v) is 15.1. The summed E-state index contributed by atoms with van der Waals surface area (Å²) in [5.74, 6) is 1.24. The van der Waals surface area contributed by atoms with Crippen molar-refractivity contribution in [2.45, 2.75) is 19.5 Å². The molecule has 0 saturated carbocycles. The molecule has 1 aromatic carbocycles. The summed E-state index contributed by atoms with van der Waals surface area (Å²) in [6.45, 7) is 3.06. The molecule has 1 unspecified atom stereocenters. The molecule has 1 N–H and O–H groups in total. The van der Waals surface area contributed by atoms with Crippen molar-refractivity contribution in [2.75, 3.05) is 13.7 Å². The number of benzene rings is 1. The third kappa shape index (κ3) is 3.65. The van der Waals surface area contributed by atoms with Crippen molar-refractivity contribution in [3.8, 4) is 11.4 Å². The van der Waals surface area contributed by atoms with E-state index < -0.39 is 0 Å². The lowest BCUT2D eigenvalue weighted by Crippen LogP contribution is -2.29. The molecule has 0 fully saturated rings. The fourth-order valence-electron chi connectivity index (χ4n) is 2.80. The molecule has 0 aliphatic heterocycles. The van der Waals surface area contributed by atoms with Crippen LogP contribution in [0.15, 0.2) is 43.0 Å². The van der Waals surface area contributed by atoms with Crippen LogP contribution in [0.3, 0.4) is 0 Å². The van der Waals surface area contributed by atoms with Gasteiger partial charge in [-0.2, -0.15) is 0 Å². The molecule has 0 saturated heterocycles. The van der Waals surface area contributed by atoms with Crippen molar-refractivity contribution < 1.29 is 9.53 Å². The summed E-state index contributed by atoms with van der Waals surface area (Å²) >= 11 is 0. The summed E-state index contributed by atoms with van der Waals surface area (Å²) in [4.78, 5) is 17.2. The number of rotatable bonds is 7. The van der Waals surface area contributed by atoms with Crippen molar-refractivity contribution >= 4 is 5.91 Å². The van der Waals surface area contributed by atoms with Gasteiger partial charge in [0.25, 0.3) is 5.91 Å². The van der Waals surface area contributed by atoms with E-state index in [1.165, 1.54) is 0 Å². The number of hydrogen-bond acceptors (Lipinski definition) is 5. The summed E-state index contributed by atoms with van der Waals surface area (Å²) in [7, 11) is 3.54. The first-order chi connectivity index (χ1) is 12.6. The third-order valence-corrected chi connectivity index (χ3v) is 4.15. The molecular weight excluding hydrogens is 332 g/mol. The van der Waals surface area contributed by atoms with E-state index in [0.717, 1.165) is 11.4 Å². The van der Waals surface area contributed by atoms with Crippen LogP contribution in [0.25, 0.3) is 11.4 Å². The van der Waals surface area contributed by atoms with E-state index in [4.69, 9.17) is 4.74 Å². The van der Waals surface area contributed by atoms with Gasteiger partial charge in [-0.1, -0.05) is 18.2 Å². The van der Waals surface area contributed by atoms with Crippen molar-refractivity contribution in [1.82, 2.24) is 29.6 Å². The first kappa shape index (κ1) is 17.8. The summed E-state index contributed by atoms with van der Waals surface area (Å²) in [5.41, 5.74) is 1.35. The average molecular weight is 354 g/mol. The van der Waals surface area contributed by atoms with Gasteiger partial charge in [0.15, 0.2) is 5.82 Å². The summed E-state index contributed by atoms with van der Waals surface area (Å²) in [6.07, 6.45) is 5.20. The van der Waals surface area contributed by atoms with Gasteiger partial charge in [0.1, 0.15) is 12.2 Å². The van der Waals surface area contributed by atoms with Crippen molar-refractivity contribution in [1.29, 1.82) is 0 Å². The van der Waals surface area contributed by atoms with Crippen LogP contribution in [-0.4, -0.2) is 43.9 Å². The molecule has 0 spiro atoms. The van der Waals surface area contributed by atoms with Gasteiger partial charge in [0.2, 0.25) is 0 Å². The molecule has 3 rings (SSSR count). The Morgan fingerprint density at radius 2 is 2.15 bits per heavy atom. The monoisotopic (exact) mass is 354 g/mol. The molecule has 0 aliphatic carbocycles. The van der Waals surface area contributed by atoms with Crippen LogP contribution >= 0.6 is 0 Å². The highest BCUT2D eigenvalue weighted by molar-refractivity contribution is 6.00. The predicted octanol–water partition coefficient (Wildman–Crippen LogP) is 1.82. The summed E-state index contributed by atoms with van der Waals surface area (Å²) in [5, 5.41) is 11.1. The first-order valence-electron chi connectivity index (χ1n) is 8.36. The highest BCUT2D eigenvalue weighted by Gasteiger charge is 2.20. The maximum absolute atomic E-state index is 12.9. The molecule has 2 aromatic heterocycles. The Bertz CT molecular complexity index is 885. The van der Waals surface area contributed by atoms with E-state index in [9.17, 15) is 4.79 Å². The number of carbonyl (C=O) groups is 1. The number of aromatic nitrogens is 5. The smallest absolute Gasteiger partial charge is 0.252 e. The first-order valence-corrected chi connectivity index (χ1v) is 8.36. The van der Waals surface area contributed by atoms with Crippen LogP contribution in [0, 0.1) is 0 Å². The van der Waals surface area contributed by atoms with E-state index in [1.807, 2.05) is 47.5 Å². The van der Waals surface area contributed by atoms with Crippen LogP contribution < -0.4 is 5.32 Å². The van der Waals surface area contributed by atoms with Crippen LogP contribution in [0.5, 0.6) is 0 Å². The molecule has 26 heavy (non-hydrogen) atoms. The van der Waals surface area contributed by atoms with Crippen LogP contribution in [0.2, 0.25) is 0 Å². The number of amides is 1. The predicted molar refractivity (Wildman–Crippen MR) is 96.4 cm³/mol. The lowest BCUT2D eigenvalue weighted by Gasteiger charge is -2.16. The van der Waals surface area contributed by atoms with Crippen molar-refractivity contribution in [3.05, 3.63) is 54.4 Å². The summed E-state index contributed by atoms with van der Waals surface area (Å²) in [6, 6.07) is 7.12. The molecule has 2 heterocycles. The Morgan fingerprint density at radius 1 is 1.35 bits per heavy atom. The number of methoxy groups -OCH3 is 1. The Kier molecular flexibility index (Phi) is 5.43. The van der Waals surface area contributed by atoms with E-state index in [0.29, 0.717) is 24.5 Å². The Hall–Kier alpha value is -3.00. The van der Waals surface area contributed by atoms with Crippen molar-refractivity contribution in [3.63, 3.8) is 0 Å². The van der Waals surface area contributed by atoms with Gasteiger partial charge < -0.3 is 19.2 Å². The summed E-state index contributed by atoms with van der Waals surface area (Å²) < 4.78 is 8.86. The Labute approximate surface area is 151 Å². The minimum absolute atomic E-state index is 0.183. The highest BCUT2D eigenvalue weighted by atomic mass is 16.5. The maximum Gasteiger partial charge on any atom is 0.252 e.